The van der Waals surface area contributed by atoms with Gasteiger partial charge in [-0.1, -0.05) is 44.2 Å². The second kappa shape index (κ2) is 5.53. The number of benzene rings is 1. The minimum absolute atomic E-state index is 0.118. The van der Waals surface area contributed by atoms with Crippen LogP contribution in [-0.4, -0.2) is 19.1 Å². The Morgan fingerprint density at radius 3 is 2.78 bits per heavy atom. The second-order valence-corrected chi connectivity index (χ2v) is 4.94. The van der Waals surface area contributed by atoms with Crippen molar-refractivity contribution in [2.75, 3.05) is 13.1 Å². The van der Waals surface area contributed by atoms with Gasteiger partial charge in [0.25, 0.3) is 0 Å². The fourth-order valence-corrected chi connectivity index (χ4v) is 2.64. The molecule has 98 valence electrons. The molecule has 0 saturated carbocycles. The first kappa shape index (κ1) is 13.1. The molecule has 1 aromatic carbocycles. The molecule has 1 aliphatic heterocycles. The van der Waals surface area contributed by atoms with Gasteiger partial charge in [0.05, 0.1) is 0 Å². The molecule has 1 aromatic rings. The van der Waals surface area contributed by atoms with Crippen LogP contribution in [0.4, 0.5) is 0 Å². The fraction of sp³-hybridized carbons (Fsp3) is 0.533. The summed E-state index contributed by atoms with van der Waals surface area (Å²) in [5, 5.41) is 3.36. The lowest BCUT2D eigenvalue weighted by atomic mass is 9.77. The van der Waals surface area contributed by atoms with Gasteiger partial charge >= 0.3 is 5.97 Å². The van der Waals surface area contributed by atoms with Crippen molar-refractivity contribution >= 4 is 5.97 Å². The van der Waals surface area contributed by atoms with Crippen LogP contribution in [0, 0.1) is 5.92 Å². The summed E-state index contributed by atoms with van der Waals surface area (Å²) < 4.78 is 5.85. The molecule has 1 heterocycles. The minimum Gasteiger partial charge on any atom is -0.454 e. The van der Waals surface area contributed by atoms with Crippen LogP contribution in [0.25, 0.3) is 0 Å². The zero-order valence-corrected chi connectivity index (χ0v) is 11.1. The SMILES string of the molecule is CCC(=O)OC1(c2ccccc2)CCNCC1C. The summed E-state index contributed by atoms with van der Waals surface area (Å²) in [5.41, 5.74) is 0.653. The van der Waals surface area contributed by atoms with E-state index in [2.05, 4.69) is 24.4 Å². The van der Waals surface area contributed by atoms with Crippen molar-refractivity contribution in [2.45, 2.75) is 32.3 Å². The Kier molecular flexibility index (Phi) is 4.02. The molecule has 0 amide bonds. The van der Waals surface area contributed by atoms with E-state index in [-0.39, 0.29) is 11.9 Å². The first-order chi connectivity index (χ1) is 8.69. The fourth-order valence-electron chi connectivity index (χ4n) is 2.64. The lowest BCUT2D eigenvalue weighted by Crippen LogP contribution is -2.49. The van der Waals surface area contributed by atoms with E-state index in [0.29, 0.717) is 6.42 Å². The maximum absolute atomic E-state index is 11.8. The summed E-state index contributed by atoms with van der Waals surface area (Å²) in [7, 11) is 0. The van der Waals surface area contributed by atoms with E-state index in [9.17, 15) is 4.79 Å². The zero-order chi connectivity index (χ0) is 13.0. The minimum atomic E-state index is -0.459. The highest BCUT2D eigenvalue weighted by atomic mass is 16.6. The number of carbonyl (C=O) groups is 1. The maximum Gasteiger partial charge on any atom is 0.306 e. The highest BCUT2D eigenvalue weighted by Gasteiger charge is 2.43. The largest absolute Gasteiger partial charge is 0.454 e. The third kappa shape index (κ3) is 2.41. The van der Waals surface area contributed by atoms with Gasteiger partial charge in [0, 0.05) is 25.3 Å². The van der Waals surface area contributed by atoms with Crippen molar-refractivity contribution in [3.8, 4) is 0 Å². The van der Waals surface area contributed by atoms with Gasteiger partial charge in [0.2, 0.25) is 0 Å². The first-order valence-corrected chi connectivity index (χ1v) is 6.67. The average Bonchev–Trinajstić information content (AvgIpc) is 2.42. The highest BCUT2D eigenvalue weighted by Crippen LogP contribution is 2.39. The van der Waals surface area contributed by atoms with Crippen LogP contribution in [0.2, 0.25) is 0 Å². The Morgan fingerprint density at radius 1 is 1.44 bits per heavy atom. The quantitative estimate of drug-likeness (QED) is 0.834. The summed E-state index contributed by atoms with van der Waals surface area (Å²) in [6, 6.07) is 10.1. The molecule has 18 heavy (non-hydrogen) atoms. The highest BCUT2D eigenvalue weighted by molar-refractivity contribution is 5.69. The summed E-state index contributed by atoms with van der Waals surface area (Å²) in [5.74, 6) is 0.164. The van der Waals surface area contributed by atoms with Crippen molar-refractivity contribution in [1.29, 1.82) is 0 Å². The van der Waals surface area contributed by atoms with Gasteiger partial charge < -0.3 is 10.1 Å². The molecule has 3 nitrogen and oxygen atoms in total. The summed E-state index contributed by atoms with van der Waals surface area (Å²) in [6.07, 6.45) is 1.26. The van der Waals surface area contributed by atoms with Gasteiger partial charge in [-0.05, 0) is 12.1 Å². The molecule has 0 bridgehead atoms. The number of hydrogen-bond donors (Lipinski definition) is 1. The third-order valence-electron chi connectivity index (χ3n) is 3.77. The molecule has 1 aliphatic rings. The number of nitrogens with one attached hydrogen (secondary N) is 1. The number of carbonyl (C=O) groups excluding carboxylic acids is 1. The monoisotopic (exact) mass is 247 g/mol. The van der Waals surface area contributed by atoms with E-state index in [0.717, 1.165) is 25.1 Å². The van der Waals surface area contributed by atoms with Gasteiger partial charge in [-0.15, -0.1) is 0 Å². The molecule has 1 saturated heterocycles. The van der Waals surface area contributed by atoms with Crippen molar-refractivity contribution in [2.24, 2.45) is 5.92 Å². The zero-order valence-electron chi connectivity index (χ0n) is 11.1. The van der Waals surface area contributed by atoms with E-state index in [1.165, 1.54) is 0 Å². The van der Waals surface area contributed by atoms with Gasteiger partial charge in [-0.25, -0.2) is 0 Å². The lowest BCUT2D eigenvalue weighted by Gasteiger charge is -2.42. The van der Waals surface area contributed by atoms with Crippen LogP contribution in [0.3, 0.4) is 0 Å². The maximum atomic E-state index is 11.8. The Morgan fingerprint density at radius 2 is 2.17 bits per heavy atom. The Bertz CT molecular complexity index is 404. The number of ether oxygens (including phenoxy) is 1. The molecule has 0 aromatic heterocycles. The number of rotatable bonds is 3. The predicted octanol–water partition coefficient (Wildman–Crippen LogP) is 2.46. The van der Waals surface area contributed by atoms with E-state index >= 15 is 0 Å². The second-order valence-electron chi connectivity index (χ2n) is 4.94. The van der Waals surface area contributed by atoms with E-state index in [4.69, 9.17) is 4.74 Å². The Balaban J connectivity index is 2.35. The molecular formula is C15H21NO2. The van der Waals surface area contributed by atoms with Crippen LogP contribution in [0.1, 0.15) is 32.3 Å². The van der Waals surface area contributed by atoms with Crippen molar-refractivity contribution in [3.63, 3.8) is 0 Å². The number of piperidine rings is 1. The molecule has 2 unspecified atom stereocenters. The third-order valence-corrected chi connectivity index (χ3v) is 3.77. The van der Waals surface area contributed by atoms with E-state index < -0.39 is 5.60 Å². The van der Waals surface area contributed by atoms with Crippen LogP contribution in [0.5, 0.6) is 0 Å². The smallest absolute Gasteiger partial charge is 0.306 e. The molecule has 0 spiro atoms. The van der Waals surface area contributed by atoms with Crippen LogP contribution < -0.4 is 5.32 Å². The van der Waals surface area contributed by atoms with Crippen LogP contribution >= 0.6 is 0 Å². The summed E-state index contributed by atoms with van der Waals surface area (Å²) >= 11 is 0. The van der Waals surface area contributed by atoms with Crippen LogP contribution in [-0.2, 0) is 15.1 Å². The van der Waals surface area contributed by atoms with E-state index in [1.807, 2.05) is 25.1 Å². The number of hydrogen-bond acceptors (Lipinski definition) is 3. The molecule has 2 rings (SSSR count). The average molecular weight is 247 g/mol. The summed E-state index contributed by atoms with van der Waals surface area (Å²) in [4.78, 5) is 11.8. The van der Waals surface area contributed by atoms with Gasteiger partial charge in [0.15, 0.2) is 0 Å². The first-order valence-electron chi connectivity index (χ1n) is 6.67. The number of esters is 1. The topological polar surface area (TPSA) is 38.3 Å². The van der Waals surface area contributed by atoms with Crippen LogP contribution in [0.15, 0.2) is 30.3 Å². The molecule has 3 heteroatoms. The molecular weight excluding hydrogens is 226 g/mol. The molecule has 0 aliphatic carbocycles. The Hall–Kier alpha value is -1.35. The van der Waals surface area contributed by atoms with E-state index in [1.54, 1.807) is 0 Å². The molecule has 1 fully saturated rings. The van der Waals surface area contributed by atoms with Crippen molar-refractivity contribution in [1.82, 2.24) is 5.32 Å². The van der Waals surface area contributed by atoms with Gasteiger partial charge in [0.1, 0.15) is 5.60 Å². The standard InChI is InChI=1S/C15H21NO2/c1-3-14(17)18-15(9-10-16-11-12(15)2)13-7-5-4-6-8-13/h4-8,12,16H,3,9-11H2,1-2H3. The molecule has 2 atom stereocenters. The van der Waals surface area contributed by atoms with Gasteiger partial charge in [-0.3, -0.25) is 4.79 Å². The predicted molar refractivity (Wildman–Crippen MR) is 71.2 cm³/mol. The summed E-state index contributed by atoms with van der Waals surface area (Å²) in [6.45, 7) is 5.75. The lowest BCUT2D eigenvalue weighted by molar-refractivity contribution is -0.170. The van der Waals surface area contributed by atoms with Crippen molar-refractivity contribution < 1.29 is 9.53 Å². The Labute approximate surface area is 109 Å². The van der Waals surface area contributed by atoms with Crippen molar-refractivity contribution in [3.05, 3.63) is 35.9 Å². The van der Waals surface area contributed by atoms with Gasteiger partial charge in [-0.2, -0.15) is 0 Å². The molecule has 0 radical (unpaired) electrons. The normalized spacial score (nSPS) is 27.8. The molecule has 1 N–H and O–H groups in total.